The predicted molar refractivity (Wildman–Crippen MR) is 175 cm³/mol. The first-order chi connectivity index (χ1) is 22.1. The quantitative estimate of drug-likeness (QED) is 0.152. The minimum absolute atomic E-state index is 0.0818. The molecule has 4 aromatic carbocycles. The first kappa shape index (κ1) is 33.3. The van der Waals surface area contributed by atoms with Crippen molar-refractivity contribution in [2.24, 2.45) is 5.10 Å². The van der Waals surface area contributed by atoms with Gasteiger partial charge < -0.3 is 24.3 Å². The van der Waals surface area contributed by atoms with Crippen molar-refractivity contribution in [1.82, 2.24) is 5.43 Å². The number of para-hydroxylation sites is 2. The summed E-state index contributed by atoms with van der Waals surface area (Å²) >= 11 is 0. The Morgan fingerprint density at radius 1 is 0.804 bits per heavy atom. The van der Waals surface area contributed by atoms with Crippen LogP contribution in [0.2, 0.25) is 0 Å². The van der Waals surface area contributed by atoms with Gasteiger partial charge in [-0.15, -0.1) is 0 Å². The molecule has 2 amide bonds. The molecule has 0 aliphatic rings. The topological polar surface area (TPSA) is 145 Å². The zero-order valence-electron chi connectivity index (χ0n) is 25.7. The number of hydrogen-bond acceptors (Lipinski definition) is 9. The van der Waals surface area contributed by atoms with Crippen molar-refractivity contribution in [3.8, 4) is 23.0 Å². The molecule has 0 radical (unpaired) electrons. The summed E-state index contributed by atoms with van der Waals surface area (Å²) in [4.78, 5) is 25.1. The number of carbonyl (C=O) groups excluding carboxylic acids is 2. The molecule has 240 valence electrons. The van der Waals surface area contributed by atoms with Gasteiger partial charge >= 0.3 is 0 Å². The molecule has 2 N–H and O–H groups in total. The van der Waals surface area contributed by atoms with E-state index in [-0.39, 0.29) is 23.2 Å². The van der Waals surface area contributed by atoms with Gasteiger partial charge in [0.25, 0.3) is 21.8 Å². The van der Waals surface area contributed by atoms with Gasteiger partial charge in [-0.2, -0.15) is 5.10 Å². The van der Waals surface area contributed by atoms with E-state index in [9.17, 15) is 18.0 Å². The third-order valence-electron chi connectivity index (χ3n) is 6.59. The standard InChI is InChI=1S/C33H34N4O8S/c1-23-9-13-25(14-10-23)37(46(40,41)27-17-18-30(43-3)31(19-27)44-4)21-32(38)36-34-20-24-11-15-26(16-12-24)45-22-33(39)35-28-7-5-6-8-29(28)42-2/h5-20H,21-22H2,1-4H3,(H,35,39)(H,36,38)/b34-20-. The molecule has 0 aromatic heterocycles. The fourth-order valence-electron chi connectivity index (χ4n) is 4.21. The number of hydrogen-bond donors (Lipinski definition) is 2. The molecule has 4 rings (SSSR count). The highest BCUT2D eigenvalue weighted by Gasteiger charge is 2.28. The molecule has 0 bridgehead atoms. The second kappa shape index (κ2) is 15.4. The number of ether oxygens (including phenoxy) is 4. The summed E-state index contributed by atoms with van der Waals surface area (Å²) in [5.41, 5.74) is 4.76. The molecule has 13 heteroatoms. The third-order valence-corrected chi connectivity index (χ3v) is 8.36. The number of methoxy groups -OCH3 is 3. The average molecular weight is 647 g/mol. The molecule has 0 aliphatic heterocycles. The van der Waals surface area contributed by atoms with Crippen LogP contribution in [0.4, 0.5) is 11.4 Å². The lowest BCUT2D eigenvalue weighted by molar-refractivity contribution is -0.119. The molecule has 0 heterocycles. The number of nitrogens with zero attached hydrogens (tertiary/aromatic N) is 2. The van der Waals surface area contributed by atoms with Gasteiger partial charge in [-0.05, 0) is 73.2 Å². The first-order valence-electron chi connectivity index (χ1n) is 13.9. The molecule has 0 saturated heterocycles. The maximum Gasteiger partial charge on any atom is 0.264 e. The van der Waals surface area contributed by atoms with E-state index in [1.165, 1.54) is 45.7 Å². The van der Waals surface area contributed by atoms with E-state index in [2.05, 4.69) is 15.8 Å². The van der Waals surface area contributed by atoms with Gasteiger partial charge in [-0.3, -0.25) is 13.9 Å². The Morgan fingerprint density at radius 2 is 1.48 bits per heavy atom. The molecular formula is C33H34N4O8S. The monoisotopic (exact) mass is 646 g/mol. The van der Waals surface area contributed by atoms with E-state index in [0.717, 1.165) is 9.87 Å². The number of carbonyl (C=O) groups is 2. The largest absolute Gasteiger partial charge is 0.495 e. The van der Waals surface area contributed by atoms with Gasteiger partial charge in [-0.1, -0.05) is 29.8 Å². The molecular weight excluding hydrogens is 612 g/mol. The van der Waals surface area contributed by atoms with Crippen molar-refractivity contribution in [2.45, 2.75) is 11.8 Å². The molecule has 4 aromatic rings. The van der Waals surface area contributed by atoms with Crippen molar-refractivity contribution in [2.75, 3.05) is 44.1 Å². The van der Waals surface area contributed by atoms with Crippen LogP contribution in [0.5, 0.6) is 23.0 Å². The van der Waals surface area contributed by atoms with Crippen LogP contribution in [0.1, 0.15) is 11.1 Å². The molecule has 0 saturated carbocycles. The Balaban J connectivity index is 1.38. The molecule has 0 aliphatic carbocycles. The van der Waals surface area contributed by atoms with Crippen LogP contribution in [-0.4, -0.2) is 60.9 Å². The van der Waals surface area contributed by atoms with Gasteiger partial charge in [0.2, 0.25) is 0 Å². The first-order valence-corrected chi connectivity index (χ1v) is 15.4. The highest BCUT2D eigenvalue weighted by atomic mass is 32.2. The highest BCUT2D eigenvalue weighted by Crippen LogP contribution is 2.32. The molecule has 0 spiro atoms. The molecule has 0 atom stereocenters. The van der Waals surface area contributed by atoms with E-state index < -0.39 is 22.5 Å². The molecule has 46 heavy (non-hydrogen) atoms. The number of aryl methyl sites for hydroxylation is 1. The summed E-state index contributed by atoms with van der Waals surface area (Å²) in [6.45, 7) is 1.11. The van der Waals surface area contributed by atoms with Gasteiger partial charge in [0.1, 0.15) is 18.0 Å². The summed E-state index contributed by atoms with van der Waals surface area (Å²) < 4.78 is 49.7. The third kappa shape index (κ3) is 8.54. The Labute approximate surface area is 267 Å². The van der Waals surface area contributed by atoms with Crippen LogP contribution >= 0.6 is 0 Å². The van der Waals surface area contributed by atoms with E-state index in [0.29, 0.717) is 34.2 Å². The normalized spacial score (nSPS) is 11.0. The molecule has 0 fully saturated rings. The number of rotatable bonds is 14. The maximum absolute atomic E-state index is 13.7. The fourth-order valence-corrected chi connectivity index (χ4v) is 5.65. The van der Waals surface area contributed by atoms with Crippen molar-refractivity contribution >= 4 is 39.4 Å². The SMILES string of the molecule is COc1ccccc1NC(=O)COc1ccc(/C=N\NC(=O)CN(c2ccc(C)cc2)S(=O)(=O)c2ccc(OC)c(OC)c2)cc1. The van der Waals surface area contributed by atoms with Gasteiger partial charge in [0, 0.05) is 6.07 Å². The fraction of sp³-hybridized carbons (Fsp3) is 0.182. The number of hydrazone groups is 1. The lowest BCUT2D eigenvalue weighted by Crippen LogP contribution is -2.39. The maximum atomic E-state index is 13.7. The number of anilines is 2. The number of nitrogens with one attached hydrogen (secondary N) is 2. The zero-order valence-corrected chi connectivity index (χ0v) is 26.5. The van der Waals surface area contributed by atoms with E-state index in [1.54, 1.807) is 72.8 Å². The van der Waals surface area contributed by atoms with E-state index in [1.807, 2.05) is 6.92 Å². The zero-order chi connectivity index (χ0) is 33.1. The summed E-state index contributed by atoms with van der Waals surface area (Å²) in [7, 11) is 0.172. The van der Waals surface area contributed by atoms with Crippen LogP contribution < -0.4 is 34.0 Å². The van der Waals surface area contributed by atoms with Crippen molar-refractivity contribution < 1.29 is 37.0 Å². The van der Waals surface area contributed by atoms with Crippen LogP contribution in [-0.2, 0) is 19.6 Å². The summed E-state index contributed by atoms with van der Waals surface area (Å²) in [5, 5.41) is 6.71. The Morgan fingerprint density at radius 3 is 2.15 bits per heavy atom. The average Bonchev–Trinajstić information content (AvgIpc) is 3.07. The molecule has 0 unspecified atom stereocenters. The van der Waals surface area contributed by atoms with Crippen molar-refractivity contribution in [3.63, 3.8) is 0 Å². The Bertz CT molecular complexity index is 1790. The minimum Gasteiger partial charge on any atom is -0.495 e. The smallest absolute Gasteiger partial charge is 0.264 e. The van der Waals surface area contributed by atoms with E-state index in [4.69, 9.17) is 18.9 Å². The summed E-state index contributed by atoms with van der Waals surface area (Å²) in [5.74, 6) is 0.561. The summed E-state index contributed by atoms with van der Waals surface area (Å²) in [6.07, 6.45) is 1.40. The second-order valence-electron chi connectivity index (χ2n) is 9.76. The Hall–Kier alpha value is -5.56. The number of amides is 2. The Kier molecular flexibility index (Phi) is 11.2. The van der Waals surface area contributed by atoms with Crippen molar-refractivity contribution in [3.05, 3.63) is 102 Å². The minimum atomic E-state index is -4.20. The van der Waals surface area contributed by atoms with E-state index >= 15 is 0 Å². The van der Waals surface area contributed by atoms with Crippen LogP contribution in [0.3, 0.4) is 0 Å². The van der Waals surface area contributed by atoms with Crippen LogP contribution in [0.15, 0.2) is 101 Å². The van der Waals surface area contributed by atoms with Crippen LogP contribution in [0, 0.1) is 6.92 Å². The summed E-state index contributed by atoms with van der Waals surface area (Å²) in [6, 6.07) is 24.7. The highest BCUT2D eigenvalue weighted by molar-refractivity contribution is 7.92. The van der Waals surface area contributed by atoms with Gasteiger partial charge in [0.15, 0.2) is 18.1 Å². The second-order valence-corrected chi connectivity index (χ2v) is 11.6. The molecule has 12 nitrogen and oxygen atoms in total. The number of benzene rings is 4. The lowest BCUT2D eigenvalue weighted by Gasteiger charge is -2.24. The van der Waals surface area contributed by atoms with Crippen molar-refractivity contribution in [1.29, 1.82) is 0 Å². The van der Waals surface area contributed by atoms with Crippen LogP contribution in [0.25, 0.3) is 0 Å². The van der Waals surface area contributed by atoms with Gasteiger partial charge in [-0.25, -0.2) is 13.8 Å². The lowest BCUT2D eigenvalue weighted by atomic mass is 10.2. The number of sulfonamides is 1. The predicted octanol–water partition coefficient (Wildman–Crippen LogP) is 4.38. The van der Waals surface area contributed by atoms with Gasteiger partial charge in [0.05, 0.1) is 43.8 Å².